The SMILES string of the molecule is CC1(C)C(C(=O)C=O)N(c2ccc(SC(F)(F)F)cc2)CN1C(Cc1ccccc1)c1ncc[nH]1. The Balaban J connectivity index is 1.71. The summed E-state index contributed by atoms with van der Waals surface area (Å²) in [4.78, 5) is 36.1. The predicted molar refractivity (Wildman–Crippen MR) is 128 cm³/mol. The number of hydrogen-bond donors (Lipinski definition) is 1. The third-order valence-corrected chi connectivity index (χ3v) is 7.04. The fourth-order valence-corrected chi connectivity index (χ4v) is 5.29. The van der Waals surface area contributed by atoms with Gasteiger partial charge in [-0.15, -0.1) is 0 Å². The van der Waals surface area contributed by atoms with E-state index in [-0.39, 0.29) is 29.4 Å². The molecule has 6 nitrogen and oxygen atoms in total. The van der Waals surface area contributed by atoms with Crippen molar-refractivity contribution in [2.45, 2.75) is 48.3 Å². The number of alkyl halides is 3. The molecule has 0 aliphatic carbocycles. The van der Waals surface area contributed by atoms with Crippen LogP contribution in [-0.2, 0) is 16.0 Å². The Bertz CT molecular complexity index is 1150. The maximum absolute atomic E-state index is 12.9. The molecular weight excluding hydrogens is 477 g/mol. The highest BCUT2D eigenvalue weighted by Gasteiger charge is 2.52. The molecule has 2 aromatic carbocycles. The number of aldehydes is 1. The van der Waals surface area contributed by atoms with Crippen LogP contribution in [0.3, 0.4) is 0 Å². The number of aromatic nitrogens is 2. The van der Waals surface area contributed by atoms with E-state index < -0.39 is 22.9 Å². The monoisotopic (exact) mass is 502 g/mol. The molecule has 0 radical (unpaired) electrons. The van der Waals surface area contributed by atoms with Gasteiger partial charge in [-0.3, -0.25) is 14.5 Å². The number of Topliss-reactive ketones (excluding diaryl/α,β-unsaturated/α-hetero) is 1. The molecule has 1 saturated heterocycles. The van der Waals surface area contributed by atoms with Gasteiger partial charge in [-0.25, -0.2) is 4.98 Å². The van der Waals surface area contributed by atoms with Crippen molar-refractivity contribution >= 4 is 29.5 Å². The van der Waals surface area contributed by atoms with E-state index in [1.165, 1.54) is 12.1 Å². The standard InChI is InChI=1S/C25H25F3N4O2S/c1-24(2)22(21(34)15-33)31(18-8-10-19(11-9-18)35-25(26,27)28)16-32(24)20(23-29-12-13-30-23)14-17-6-4-3-5-7-17/h3-13,15,20,22H,14,16H2,1-2H3,(H,29,30). The first-order valence-corrected chi connectivity index (χ1v) is 11.8. The number of thioether (sulfide) groups is 1. The number of rotatable bonds is 8. The van der Waals surface area contributed by atoms with Gasteiger partial charge in [0.2, 0.25) is 5.78 Å². The molecule has 1 fully saturated rings. The summed E-state index contributed by atoms with van der Waals surface area (Å²) in [5.41, 5.74) is -3.54. The zero-order valence-electron chi connectivity index (χ0n) is 19.2. The molecule has 184 valence electrons. The molecule has 3 aromatic rings. The number of carbonyl (C=O) groups is 2. The van der Waals surface area contributed by atoms with E-state index in [0.717, 1.165) is 11.4 Å². The Labute approximate surface area is 205 Å². The Kier molecular flexibility index (Phi) is 7.05. The van der Waals surface area contributed by atoms with Gasteiger partial charge in [0.25, 0.3) is 0 Å². The molecule has 0 bridgehead atoms. The van der Waals surface area contributed by atoms with Gasteiger partial charge >= 0.3 is 5.51 Å². The molecule has 2 unspecified atom stereocenters. The lowest BCUT2D eigenvalue weighted by Gasteiger charge is -2.38. The summed E-state index contributed by atoms with van der Waals surface area (Å²) in [6, 6.07) is 14.7. The Morgan fingerprint density at radius 1 is 1.20 bits per heavy atom. The molecule has 2 heterocycles. The van der Waals surface area contributed by atoms with Crippen LogP contribution in [0.5, 0.6) is 0 Å². The van der Waals surface area contributed by atoms with Crippen LogP contribution < -0.4 is 4.90 Å². The minimum absolute atomic E-state index is 0.0485. The average Bonchev–Trinajstić information content (AvgIpc) is 3.43. The van der Waals surface area contributed by atoms with Gasteiger partial charge in [0.15, 0.2) is 6.29 Å². The lowest BCUT2D eigenvalue weighted by Crippen LogP contribution is -2.52. The maximum atomic E-state index is 12.9. The first-order chi connectivity index (χ1) is 16.6. The second kappa shape index (κ2) is 9.87. The molecule has 1 aliphatic heterocycles. The van der Waals surface area contributed by atoms with Crippen molar-refractivity contribution in [3.63, 3.8) is 0 Å². The van der Waals surface area contributed by atoms with Gasteiger partial charge in [0.05, 0.1) is 12.7 Å². The molecular formula is C25H25F3N4O2S. The van der Waals surface area contributed by atoms with E-state index in [4.69, 9.17) is 0 Å². The van der Waals surface area contributed by atoms with Crippen molar-refractivity contribution in [2.24, 2.45) is 0 Å². The average molecular weight is 503 g/mol. The van der Waals surface area contributed by atoms with Crippen molar-refractivity contribution in [3.8, 4) is 0 Å². The number of carbonyl (C=O) groups excluding carboxylic acids is 2. The molecule has 0 saturated carbocycles. The molecule has 10 heteroatoms. The molecule has 4 rings (SSSR count). The fourth-order valence-electron chi connectivity index (χ4n) is 4.75. The highest BCUT2D eigenvalue weighted by Crippen LogP contribution is 2.42. The second-order valence-electron chi connectivity index (χ2n) is 8.88. The van der Waals surface area contributed by atoms with Crippen molar-refractivity contribution < 1.29 is 22.8 Å². The van der Waals surface area contributed by atoms with E-state index in [2.05, 4.69) is 14.9 Å². The number of benzene rings is 2. The van der Waals surface area contributed by atoms with Crippen LogP contribution in [0, 0.1) is 0 Å². The van der Waals surface area contributed by atoms with E-state index in [0.29, 0.717) is 18.4 Å². The second-order valence-corrected chi connectivity index (χ2v) is 10.0. The third kappa shape index (κ3) is 5.43. The zero-order valence-corrected chi connectivity index (χ0v) is 20.0. The van der Waals surface area contributed by atoms with Crippen molar-refractivity contribution in [1.29, 1.82) is 0 Å². The van der Waals surface area contributed by atoms with Crippen LogP contribution in [0.4, 0.5) is 18.9 Å². The summed E-state index contributed by atoms with van der Waals surface area (Å²) in [7, 11) is 0. The number of aromatic amines is 1. The molecule has 0 amide bonds. The largest absolute Gasteiger partial charge is 0.446 e. The van der Waals surface area contributed by atoms with Crippen LogP contribution >= 0.6 is 11.8 Å². The lowest BCUT2D eigenvalue weighted by atomic mass is 9.88. The molecule has 1 aliphatic rings. The van der Waals surface area contributed by atoms with Gasteiger partial charge in [0, 0.05) is 28.5 Å². The molecule has 0 spiro atoms. The minimum atomic E-state index is -4.39. The predicted octanol–water partition coefficient (Wildman–Crippen LogP) is 5.00. The normalized spacial score (nSPS) is 19.0. The minimum Gasteiger partial charge on any atom is -0.347 e. The van der Waals surface area contributed by atoms with E-state index in [9.17, 15) is 22.8 Å². The Hall–Kier alpha value is -3.11. The summed E-state index contributed by atoms with van der Waals surface area (Å²) in [5.74, 6) is 0.127. The summed E-state index contributed by atoms with van der Waals surface area (Å²) < 4.78 is 38.3. The van der Waals surface area contributed by atoms with Gasteiger partial charge in [-0.05, 0) is 61.9 Å². The van der Waals surface area contributed by atoms with E-state index >= 15 is 0 Å². The smallest absolute Gasteiger partial charge is 0.347 e. The molecule has 1 N–H and O–H groups in total. The number of hydrogen-bond acceptors (Lipinski definition) is 6. The topological polar surface area (TPSA) is 69.3 Å². The number of nitrogens with one attached hydrogen (secondary N) is 1. The quantitative estimate of drug-likeness (QED) is 0.266. The Morgan fingerprint density at radius 3 is 2.46 bits per heavy atom. The first-order valence-electron chi connectivity index (χ1n) is 11.0. The highest BCUT2D eigenvalue weighted by molar-refractivity contribution is 8.00. The van der Waals surface area contributed by atoms with Crippen LogP contribution in [-0.4, -0.2) is 50.7 Å². The summed E-state index contributed by atoms with van der Waals surface area (Å²) >= 11 is -0.196. The number of H-pyrrole nitrogens is 1. The molecule has 35 heavy (non-hydrogen) atoms. The van der Waals surface area contributed by atoms with Crippen LogP contribution in [0.1, 0.15) is 31.3 Å². The maximum Gasteiger partial charge on any atom is 0.446 e. The van der Waals surface area contributed by atoms with Crippen molar-refractivity contribution in [1.82, 2.24) is 14.9 Å². The van der Waals surface area contributed by atoms with Crippen molar-refractivity contribution in [2.75, 3.05) is 11.6 Å². The first kappa shape index (κ1) is 25.0. The number of ketones is 1. The number of nitrogens with zero attached hydrogens (tertiary/aromatic N) is 3. The highest BCUT2D eigenvalue weighted by atomic mass is 32.2. The van der Waals surface area contributed by atoms with Crippen LogP contribution in [0.2, 0.25) is 0 Å². The van der Waals surface area contributed by atoms with E-state index in [1.807, 2.05) is 44.2 Å². The lowest BCUT2D eigenvalue weighted by molar-refractivity contribution is -0.131. The zero-order chi connectivity index (χ0) is 25.2. The molecule has 1 aromatic heterocycles. The number of imidazole rings is 1. The van der Waals surface area contributed by atoms with Gasteiger partial charge in [-0.1, -0.05) is 30.3 Å². The Morgan fingerprint density at radius 2 is 1.89 bits per heavy atom. The van der Waals surface area contributed by atoms with Crippen LogP contribution in [0.15, 0.2) is 71.9 Å². The van der Waals surface area contributed by atoms with Gasteiger partial charge in [-0.2, -0.15) is 13.2 Å². The van der Waals surface area contributed by atoms with Crippen molar-refractivity contribution in [3.05, 3.63) is 78.4 Å². The van der Waals surface area contributed by atoms with Gasteiger partial charge in [0.1, 0.15) is 11.9 Å². The third-order valence-electron chi connectivity index (χ3n) is 6.30. The summed E-state index contributed by atoms with van der Waals surface area (Å²) in [5, 5.41) is 0. The number of anilines is 1. The fraction of sp³-hybridized carbons (Fsp3) is 0.320. The van der Waals surface area contributed by atoms with Crippen LogP contribution in [0.25, 0.3) is 0 Å². The molecule has 2 atom stereocenters. The summed E-state index contributed by atoms with van der Waals surface area (Å²) in [6.45, 7) is 4.07. The number of halogens is 3. The summed E-state index contributed by atoms with van der Waals surface area (Å²) in [6.07, 6.45) is 4.32. The van der Waals surface area contributed by atoms with Gasteiger partial charge < -0.3 is 9.88 Å². The van der Waals surface area contributed by atoms with E-state index in [1.54, 1.807) is 29.4 Å².